The van der Waals surface area contributed by atoms with Crippen molar-refractivity contribution in [3.05, 3.63) is 47.6 Å². The molecule has 0 fully saturated rings. The minimum absolute atomic E-state index is 0.330. The number of aromatic nitrogens is 4. The molecule has 3 aromatic rings. The first-order valence-corrected chi connectivity index (χ1v) is 10.3. The molecule has 0 atom stereocenters. The SMILES string of the molecule is Cc1nn(C)c(C)c1S(=O)(=O)N1CC=C(c2cn(C)c3ncccc23)CC1. The summed E-state index contributed by atoms with van der Waals surface area (Å²) in [5.41, 5.74) is 4.45. The van der Waals surface area contributed by atoms with Crippen LogP contribution in [0.25, 0.3) is 16.6 Å². The van der Waals surface area contributed by atoms with Crippen molar-refractivity contribution < 1.29 is 8.42 Å². The lowest BCUT2D eigenvalue weighted by Crippen LogP contribution is -2.35. The third kappa shape index (κ3) is 2.80. The van der Waals surface area contributed by atoms with Crippen LogP contribution in [0.2, 0.25) is 0 Å². The van der Waals surface area contributed by atoms with Gasteiger partial charge in [0, 0.05) is 50.5 Å². The zero-order valence-corrected chi connectivity index (χ0v) is 16.8. The normalized spacial score (nSPS) is 16.1. The van der Waals surface area contributed by atoms with Gasteiger partial charge in [-0.25, -0.2) is 13.4 Å². The zero-order valence-electron chi connectivity index (χ0n) is 16.0. The number of nitrogens with zero attached hydrogens (tertiary/aromatic N) is 5. The van der Waals surface area contributed by atoms with E-state index in [4.69, 9.17) is 0 Å². The maximum absolute atomic E-state index is 13.1. The van der Waals surface area contributed by atoms with Crippen LogP contribution in [0.3, 0.4) is 0 Å². The number of rotatable bonds is 3. The molecule has 142 valence electrons. The van der Waals surface area contributed by atoms with Gasteiger partial charge in [0.05, 0.1) is 11.4 Å². The van der Waals surface area contributed by atoms with Gasteiger partial charge in [0.15, 0.2) is 0 Å². The molecular formula is C19H23N5O2S. The van der Waals surface area contributed by atoms with E-state index in [0.717, 1.165) is 16.6 Å². The summed E-state index contributed by atoms with van der Waals surface area (Å²) in [5.74, 6) is 0. The molecule has 0 saturated heterocycles. The third-order valence-corrected chi connectivity index (χ3v) is 7.41. The highest BCUT2D eigenvalue weighted by atomic mass is 32.2. The number of fused-ring (bicyclic) bond motifs is 1. The van der Waals surface area contributed by atoms with E-state index in [-0.39, 0.29) is 0 Å². The van der Waals surface area contributed by atoms with Crippen molar-refractivity contribution in [3.8, 4) is 0 Å². The molecule has 0 radical (unpaired) electrons. The van der Waals surface area contributed by atoms with Crippen molar-refractivity contribution in [1.82, 2.24) is 23.6 Å². The summed E-state index contributed by atoms with van der Waals surface area (Å²) in [7, 11) is 0.189. The Morgan fingerprint density at radius 3 is 2.59 bits per heavy atom. The predicted molar refractivity (Wildman–Crippen MR) is 105 cm³/mol. The molecule has 4 rings (SSSR count). The molecule has 3 aromatic heterocycles. The Balaban J connectivity index is 1.67. The van der Waals surface area contributed by atoms with E-state index >= 15 is 0 Å². The summed E-state index contributed by atoms with van der Waals surface area (Å²) in [5, 5.41) is 5.36. The van der Waals surface area contributed by atoms with Gasteiger partial charge in [-0.1, -0.05) is 6.08 Å². The van der Waals surface area contributed by atoms with E-state index in [1.165, 1.54) is 9.88 Å². The summed E-state index contributed by atoms with van der Waals surface area (Å²) in [6.45, 7) is 4.36. The molecule has 1 aliphatic rings. The average molecular weight is 385 g/mol. The van der Waals surface area contributed by atoms with Gasteiger partial charge in [0.2, 0.25) is 10.0 Å². The molecule has 0 bridgehead atoms. The topological polar surface area (TPSA) is 73.0 Å². The number of aryl methyl sites for hydroxylation is 3. The number of hydrogen-bond donors (Lipinski definition) is 0. The Bertz CT molecular complexity index is 1170. The van der Waals surface area contributed by atoms with Crippen molar-refractivity contribution in [3.63, 3.8) is 0 Å². The Kier molecular flexibility index (Phi) is 4.20. The van der Waals surface area contributed by atoms with Crippen LogP contribution in [0, 0.1) is 13.8 Å². The first kappa shape index (κ1) is 17.9. The lowest BCUT2D eigenvalue weighted by Gasteiger charge is -2.26. The summed E-state index contributed by atoms with van der Waals surface area (Å²) in [4.78, 5) is 4.76. The molecule has 8 heteroatoms. The minimum Gasteiger partial charge on any atom is -0.335 e. The van der Waals surface area contributed by atoms with Crippen molar-refractivity contribution in [2.75, 3.05) is 13.1 Å². The summed E-state index contributed by atoms with van der Waals surface area (Å²) < 4.78 is 31.4. The molecule has 0 aliphatic carbocycles. The fourth-order valence-corrected chi connectivity index (χ4v) is 5.62. The molecule has 0 N–H and O–H groups in total. The van der Waals surface area contributed by atoms with Crippen LogP contribution < -0.4 is 0 Å². The second kappa shape index (κ2) is 6.31. The predicted octanol–water partition coefficient (Wildman–Crippen LogP) is 2.40. The van der Waals surface area contributed by atoms with Gasteiger partial charge in [0.1, 0.15) is 10.5 Å². The minimum atomic E-state index is -3.56. The zero-order chi connectivity index (χ0) is 19.3. The first-order chi connectivity index (χ1) is 12.8. The van der Waals surface area contributed by atoms with E-state index < -0.39 is 10.0 Å². The van der Waals surface area contributed by atoms with Crippen molar-refractivity contribution in [2.45, 2.75) is 25.2 Å². The van der Waals surface area contributed by atoms with E-state index in [9.17, 15) is 8.42 Å². The van der Waals surface area contributed by atoms with E-state index in [0.29, 0.717) is 35.8 Å². The molecule has 0 aromatic carbocycles. The van der Waals surface area contributed by atoms with Crippen LogP contribution >= 0.6 is 0 Å². The third-order valence-electron chi connectivity index (χ3n) is 5.29. The highest BCUT2D eigenvalue weighted by Crippen LogP contribution is 2.32. The molecule has 27 heavy (non-hydrogen) atoms. The van der Waals surface area contributed by atoms with Gasteiger partial charge >= 0.3 is 0 Å². The van der Waals surface area contributed by atoms with E-state index in [1.54, 1.807) is 31.8 Å². The Morgan fingerprint density at radius 2 is 1.96 bits per heavy atom. The second-order valence-corrected chi connectivity index (χ2v) is 8.87. The van der Waals surface area contributed by atoms with E-state index in [2.05, 4.69) is 22.3 Å². The van der Waals surface area contributed by atoms with Crippen molar-refractivity contribution >= 4 is 26.6 Å². The summed E-state index contributed by atoms with van der Waals surface area (Å²) in [6.07, 6.45) is 6.55. The van der Waals surface area contributed by atoms with Crippen molar-refractivity contribution in [2.24, 2.45) is 14.1 Å². The quantitative estimate of drug-likeness (QED) is 0.694. The van der Waals surface area contributed by atoms with Gasteiger partial charge in [0.25, 0.3) is 0 Å². The highest BCUT2D eigenvalue weighted by Gasteiger charge is 2.31. The lowest BCUT2D eigenvalue weighted by atomic mass is 10.0. The van der Waals surface area contributed by atoms with Crippen LogP contribution in [0.15, 0.2) is 35.5 Å². The lowest BCUT2D eigenvalue weighted by molar-refractivity contribution is 0.440. The molecule has 1 aliphatic heterocycles. The molecule has 0 unspecified atom stereocenters. The van der Waals surface area contributed by atoms with Crippen LogP contribution in [0.1, 0.15) is 23.4 Å². The van der Waals surface area contributed by atoms with E-state index in [1.807, 2.05) is 23.8 Å². The largest absolute Gasteiger partial charge is 0.335 e. The summed E-state index contributed by atoms with van der Waals surface area (Å²) >= 11 is 0. The van der Waals surface area contributed by atoms with Crippen LogP contribution in [-0.2, 0) is 24.1 Å². The van der Waals surface area contributed by atoms with Gasteiger partial charge in [-0.3, -0.25) is 4.68 Å². The number of sulfonamides is 1. The maximum atomic E-state index is 13.1. The molecule has 0 saturated carbocycles. The fraction of sp³-hybridized carbons (Fsp3) is 0.368. The average Bonchev–Trinajstić information content (AvgIpc) is 3.12. The smallest absolute Gasteiger partial charge is 0.247 e. The molecular weight excluding hydrogens is 362 g/mol. The highest BCUT2D eigenvalue weighted by molar-refractivity contribution is 7.89. The maximum Gasteiger partial charge on any atom is 0.247 e. The molecule has 0 spiro atoms. The standard InChI is InChI=1S/C19H23N5O2S/c1-13-18(14(2)23(4)21-13)27(25,26)24-10-7-15(8-11-24)17-12-22(3)19-16(17)6-5-9-20-19/h5-7,9,12H,8,10-11H2,1-4H3. The molecule has 4 heterocycles. The van der Waals surface area contributed by atoms with Gasteiger partial charge < -0.3 is 4.57 Å². The summed E-state index contributed by atoms with van der Waals surface area (Å²) in [6, 6.07) is 3.99. The monoisotopic (exact) mass is 385 g/mol. The fourth-order valence-electron chi connectivity index (χ4n) is 3.84. The Labute approximate surface area is 159 Å². The van der Waals surface area contributed by atoms with Crippen LogP contribution in [-0.4, -0.2) is 45.1 Å². The van der Waals surface area contributed by atoms with Crippen molar-refractivity contribution in [1.29, 1.82) is 0 Å². The Hall–Kier alpha value is -2.45. The Morgan fingerprint density at radius 1 is 1.19 bits per heavy atom. The number of pyridine rings is 1. The number of hydrogen-bond acceptors (Lipinski definition) is 4. The van der Waals surface area contributed by atoms with Gasteiger partial charge in [-0.05, 0) is 38.0 Å². The molecule has 0 amide bonds. The van der Waals surface area contributed by atoms with Gasteiger partial charge in [-0.2, -0.15) is 9.40 Å². The second-order valence-electron chi connectivity index (χ2n) is 6.99. The van der Waals surface area contributed by atoms with Crippen LogP contribution in [0.4, 0.5) is 0 Å². The van der Waals surface area contributed by atoms with Gasteiger partial charge in [-0.15, -0.1) is 0 Å². The molecule has 7 nitrogen and oxygen atoms in total. The van der Waals surface area contributed by atoms with Crippen LogP contribution in [0.5, 0.6) is 0 Å². The first-order valence-electron chi connectivity index (χ1n) is 8.90.